The molecule has 0 saturated carbocycles. The minimum Gasteiger partial charge on any atom is -0.341 e. The summed E-state index contributed by atoms with van der Waals surface area (Å²) in [6.45, 7) is 6.59. The third-order valence-corrected chi connectivity index (χ3v) is 5.78. The molecule has 3 rings (SSSR count). The topological polar surface area (TPSA) is 66.6 Å². The number of benzene rings is 1. The van der Waals surface area contributed by atoms with Crippen molar-refractivity contribution in [1.82, 2.24) is 9.80 Å². The van der Waals surface area contributed by atoms with E-state index in [-0.39, 0.29) is 36.2 Å². The largest absolute Gasteiger partial charge is 0.341 e. The molecule has 0 spiro atoms. The number of nitrogens with two attached hydrogens (primary N) is 1. The molecule has 26 heavy (non-hydrogen) atoms. The molecule has 5 nitrogen and oxygen atoms in total. The molecule has 2 amide bonds. The number of carbonyl (C=O) groups excluding carboxylic acids is 2. The van der Waals surface area contributed by atoms with Crippen molar-refractivity contribution in [2.24, 2.45) is 17.6 Å². The van der Waals surface area contributed by atoms with E-state index in [9.17, 15) is 9.59 Å². The van der Waals surface area contributed by atoms with Crippen molar-refractivity contribution in [3.05, 3.63) is 35.4 Å². The van der Waals surface area contributed by atoms with Crippen molar-refractivity contribution in [2.75, 3.05) is 19.6 Å². The maximum Gasteiger partial charge on any atom is 0.245 e. The Morgan fingerprint density at radius 1 is 1.27 bits per heavy atom. The molecule has 1 aromatic rings. The Hall–Kier alpha value is -1.59. The number of nitrogens with zero attached hydrogens (tertiary/aromatic N) is 2. The summed E-state index contributed by atoms with van der Waals surface area (Å²) >= 11 is 0. The molecule has 2 N–H and O–H groups in total. The fourth-order valence-corrected chi connectivity index (χ4v) is 3.87. The zero-order valence-corrected chi connectivity index (χ0v) is 16.5. The lowest BCUT2D eigenvalue weighted by atomic mass is 9.91. The molecule has 0 radical (unpaired) electrons. The fraction of sp³-hybridized carbons (Fsp3) is 0.600. The maximum atomic E-state index is 13.2. The molecule has 2 heterocycles. The molecule has 0 aromatic heterocycles. The van der Waals surface area contributed by atoms with E-state index in [1.165, 1.54) is 5.56 Å². The third kappa shape index (κ3) is 4.04. The van der Waals surface area contributed by atoms with E-state index >= 15 is 0 Å². The number of fused-ring (bicyclic) bond motifs is 1. The lowest BCUT2D eigenvalue weighted by Gasteiger charge is -2.39. The van der Waals surface area contributed by atoms with Gasteiger partial charge in [-0.15, -0.1) is 12.4 Å². The van der Waals surface area contributed by atoms with Crippen molar-refractivity contribution in [1.29, 1.82) is 0 Å². The second-order valence-electron chi connectivity index (χ2n) is 7.44. The van der Waals surface area contributed by atoms with E-state index in [1.807, 2.05) is 35.8 Å². The van der Waals surface area contributed by atoms with Gasteiger partial charge in [-0.25, -0.2) is 0 Å². The molecule has 2 aliphatic rings. The van der Waals surface area contributed by atoms with Gasteiger partial charge in [0, 0.05) is 32.0 Å². The number of amides is 2. The van der Waals surface area contributed by atoms with Gasteiger partial charge in [0.15, 0.2) is 0 Å². The quantitative estimate of drug-likeness (QED) is 0.872. The van der Waals surface area contributed by atoms with Crippen LogP contribution >= 0.6 is 12.4 Å². The molecule has 3 atom stereocenters. The first-order valence-electron chi connectivity index (χ1n) is 9.41. The molecule has 1 fully saturated rings. The van der Waals surface area contributed by atoms with Crippen LogP contribution in [0.15, 0.2) is 24.3 Å². The van der Waals surface area contributed by atoms with Gasteiger partial charge in [-0.3, -0.25) is 9.59 Å². The van der Waals surface area contributed by atoms with Crippen LogP contribution < -0.4 is 5.73 Å². The predicted octanol–water partition coefficient (Wildman–Crippen LogP) is 2.22. The average Bonchev–Trinajstić information content (AvgIpc) is 3.14. The van der Waals surface area contributed by atoms with Crippen LogP contribution in [0.2, 0.25) is 0 Å². The molecule has 1 saturated heterocycles. The van der Waals surface area contributed by atoms with E-state index in [1.54, 1.807) is 0 Å². The summed E-state index contributed by atoms with van der Waals surface area (Å²) in [5, 5.41) is 0. The zero-order valence-electron chi connectivity index (χ0n) is 15.7. The molecular weight excluding hydrogens is 350 g/mol. The summed E-state index contributed by atoms with van der Waals surface area (Å²) in [4.78, 5) is 29.8. The van der Waals surface area contributed by atoms with Crippen LogP contribution in [-0.4, -0.2) is 47.3 Å². The maximum absolute atomic E-state index is 13.2. The van der Waals surface area contributed by atoms with Crippen molar-refractivity contribution in [3.63, 3.8) is 0 Å². The van der Waals surface area contributed by atoms with Gasteiger partial charge in [-0.2, -0.15) is 0 Å². The van der Waals surface area contributed by atoms with E-state index in [4.69, 9.17) is 5.73 Å². The van der Waals surface area contributed by atoms with Crippen LogP contribution in [0.5, 0.6) is 0 Å². The van der Waals surface area contributed by atoms with Crippen LogP contribution in [0.25, 0.3) is 0 Å². The number of likely N-dealkylation sites (tertiary alicyclic amines) is 1. The van der Waals surface area contributed by atoms with Crippen LogP contribution in [0, 0.1) is 11.8 Å². The average molecular weight is 380 g/mol. The SMILES string of the molecule is CCC(C)C(=O)N1Cc2ccccc2CC1C(=O)N1CCC(CN)C1.Cl. The minimum absolute atomic E-state index is 0. The van der Waals surface area contributed by atoms with Gasteiger partial charge in [0.1, 0.15) is 6.04 Å². The third-order valence-electron chi connectivity index (χ3n) is 5.78. The van der Waals surface area contributed by atoms with Crippen molar-refractivity contribution in [3.8, 4) is 0 Å². The summed E-state index contributed by atoms with van der Waals surface area (Å²) in [6, 6.07) is 7.76. The summed E-state index contributed by atoms with van der Waals surface area (Å²) in [7, 11) is 0. The summed E-state index contributed by atoms with van der Waals surface area (Å²) < 4.78 is 0. The fourth-order valence-electron chi connectivity index (χ4n) is 3.87. The summed E-state index contributed by atoms with van der Waals surface area (Å²) in [5.41, 5.74) is 8.11. The Morgan fingerprint density at radius 3 is 2.58 bits per heavy atom. The number of carbonyl (C=O) groups is 2. The van der Waals surface area contributed by atoms with Gasteiger partial charge in [0.05, 0.1) is 0 Å². The van der Waals surface area contributed by atoms with Crippen LogP contribution in [-0.2, 0) is 22.6 Å². The first-order valence-corrected chi connectivity index (χ1v) is 9.41. The monoisotopic (exact) mass is 379 g/mol. The van der Waals surface area contributed by atoms with Gasteiger partial charge in [0.25, 0.3) is 0 Å². The Labute approximate surface area is 162 Å². The highest BCUT2D eigenvalue weighted by molar-refractivity contribution is 5.89. The Morgan fingerprint density at radius 2 is 1.96 bits per heavy atom. The van der Waals surface area contributed by atoms with Crippen molar-refractivity contribution >= 4 is 24.2 Å². The normalized spacial score (nSPS) is 23.2. The summed E-state index contributed by atoms with van der Waals surface area (Å²) in [6.07, 6.45) is 2.36. The highest BCUT2D eigenvalue weighted by atomic mass is 35.5. The second kappa shape index (κ2) is 8.87. The molecule has 1 aromatic carbocycles. The first-order chi connectivity index (χ1) is 12.0. The number of hydrogen-bond acceptors (Lipinski definition) is 3. The van der Waals surface area contributed by atoms with Gasteiger partial charge in [0.2, 0.25) is 11.8 Å². The second-order valence-corrected chi connectivity index (χ2v) is 7.44. The number of rotatable bonds is 4. The Balaban J connectivity index is 0.00000243. The van der Waals surface area contributed by atoms with Gasteiger partial charge < -0.3 is 15.5 Å². The molecule has 2 aliphatic heterocycles. The number of halogens is 1. The van der Waals surface area contributed by atoms with Gasteiger partial charge in [-0.1, -0.05) is 38.1 Å². The molecule has 3 unspecified atom stereocenters. The lowest BCUT2D eigenvalue weighted by Crippen LogP contribution is -2.54. The number of hydrogen-bond donors (Lipinski definition) is 1. The van der Waals surface area contributed by atoms with Crippen LogP contribution in [0.3, 0.4) is 0 Å². The standard InChI is InChI=1S/C20H29N3O2.ClH/c1-3-14(2)19(24)23-13-17-7-5-4-6-16(17)10-18(23)20(25)22-9-8-15(11-21)12-22;/h4-7,14-15,18H,3,8-13,21H2,1-2H3;1H. The molecule has 6 heteroatoms. The highest BCUT2D eigenvalue weighted by Crippen LogP contribution is 2.28. The lowest BCUT2D eigenvalue weighted by molar-refractivity contribution is -0.148. The first kappa shape index (κ1) is 20.7. The van der Waals surface area contributed by atoms with Crippen molar-refractivity contribution in [2.45, 2.75) is 45.7 Å². The van der Waals surface area contributed by atoms with Crippen molar-refractivity contribution < 1.29 is 9.59 Å². The highest BCUT2D eigenvalue weighted by Gasteiger charge is 2.39. The summed E-state index contributed by atoms with van der Waals surface area (Å²) in [5.74, 6) is 0.501. The molecular formula is C20H30ClN3O2. The zero-order chi connectivity index (χ0) is 18.0. The van der Waals surface area contributed by atoms with E-state index in [2.05, 4.69) is 12.1 Å². The van der Waals surface area contributed by atoms with Gasteiger partial charge in [-0.05, 0) is 36.4 Å². The smallest absolute Gasteiger partial charge is 0.245 e. The Kier molecular flexibility index (Phi) is 7.07. The van der Waals surface area contributed by atoms with Crippen LogP contribution in [0.1, 0.15) is 37.8 Å². The molecule has 144 valence electrons. The van der Waals surface area contributed by atoms with Crippen LogP contribution in [0.4, 0.5) is 0 Å². The Bertz CT molecular complexity index is 652. The van der Waals surface area contributed by atoms with Gasteiger partial charge >= 0.3 is 0 Å². The van der Waals surface area contributed by atoms with E-state index in [0.29, 0.717) is 25.4 Å². The van der Waals surface area contributed by atoms with E-state index in [0.717, 1.165) is 31.5 Å². The predicted molar refractivity (Wildman–Crippen MR) is 105 cm³/mol. The molecule has 0 bridgehead atoms. The minimum atomic E-state index is -0.382. The molecule has 0 aliphatic carbocycles. The van der Waals surface area contributed by atoms with E-state index < -0.39 is 0 Å².